The highest BCUT2D eigenvalue weighted by molar-refractivity contribution is 4.90. The Morgan fingerprint density at radius 1 is 1.08 bits per heavy atom. The molecule has 0 spiro atoms. The smallest absolute Gasteiger partial charge is 0.0370 e. The van der Waals surface area contributed by atoms with Gasteiger partial charge < -0.3 is 16.4 Å². The second kappa shape index (κ2) is 4.80. The minimum Gasteiger partial charge on any atom is -0.326 e. The van der Waals surface area contributed by atoms with Crippen LogP contribution in [0.25, 0.3) is 0 Å². The van der Waals surface area contributed by atoms with E-state index < -0.39 is 0 Å². The lowest BCUT2D eigenvalue weighted by molar-refractivity contribution is 0.356. The van der Waals surface area contributed by atoms with E-state index in [9.17, 15) is 0 Å². The van der Waals surface area contributed by atoms with Gasteiger partial charge in [-0.05, 0) is 26.9 Å². The van der Waals surface area contributed by atoms with Crippen LogP contribution in [0.5, 0.6) is 0 Å². The van der Waals surface area contributed by atoms with Gasteiger partial charge in [-0.25, -0.2) is 0 Å². The lowest BCUT2D eigenvalue weighted by Gasteiger charge is -2.28. The van der Waals surface area contributed by atoms with Crippen molar-refractivity contribution in [3.05, 3.63) is 0 Å². The standard InChI is InChI=1S/C9H21N3/c1-11-8-6-4-3-5-7(10)9(8)12-2/h7-9,11-12H,3-6,10H2,1-2H3. The van der Waals surface area contributed by atoms with Crippen LogP contribution >= 0.6 is 0 Å². The Hall–Kier alpha value is -0.120. The summed E-state index contributed by atoms with van der Waals surface area (Å²) in [6.07, 6.45) is 4.98. The predicted octanol–water partition coefficient (Wildman–Crippen LogP) is 0.0637. The first-order valence-electron chi connectivity index (χ1n) is 4.89. The molecule has 0 aliphatic heterocycles. The third-order valence-electron chi connectivity index (χ3n) is 2.90. The summed E-state index contributed by atoms with van der Waals surface area (Å²) >= 11 is 0. The SMILES string of the molecule is CNC1CCCCC(N)C1NC. The molecule has 1 saturated carbocycles. The largest absolute Gasteiger partial charge is 0.326 e. The molecule has 0 bridgehead atoms. The van der Waals surface area contributed by atoms with E-state index in [1.54, 1.807) is 0 Å². The molecule has 4 N–H and O–H groups in total. The van der Waals surface area contributed by atoms with E-state index in [2.05, 4.69) is 10.6 Å². The monoisotopic (exact) mass is 171 g/mol. The summed E-state index contributed by atoms with van der Waals surface area (Å²) in [5, 5.41) is 6.64. The zero-order valence-corrected chi connectivity index (χ0v) is 8.14. The molecule has 0 aromatic rings. The zero-order valence-electron chi connectivity index (χ0n) is 8.14. The average molecular weight is 171 g/mol. The third-order valence-corrected chi connectivity index (χ3v) is 2.90. The molecule has 0 radical (unpaired) electrons. The van der Waals surface area contributed by atoms with Crippen molar-refractivity contribution >= 4 is 0 Å². The highest BCUT2D eigenvalue weighted by atomic mass is 15.0. The fourth-order valence-electron chi connectivity index (χ4n) is 2.14. The minimum atomic E-state index is 0.315. The maximum absolute atomic E-state index is 6.05. The van der Waals surface area contributed by atoms with Crippen LogP contribution in [0, 0.1) is 0 Å². The van der Waals surface area contributed by atoms with Crippen LogP contribution in [0.1, 0.15) is 25.7 Å². The third kappa shape index (κ3) is 2.19. The predicted molar refractivity (Wildman–Crippen MR) is 52.1 cm³/mol. The maximum atomic E-state index is 6.05. The molecule has 3 heteroatoms. The summed E-state index contributed by atoms with van der Waals surface area (Å²) in [7, 11) is 4.02. The van der Waals surface area contributed by atoms with Gasteiger partial charge in [0.25, 0.3) is 0 Å². The van der Waals surface area contributed by atoms with Gasteiger partial charge >= 0.3 is 0 Å². The highest BCUT2D eigenvalue weighted by Crippen LogP contribution is 2.16. The summed E-state index contributed by atoms with van der Waals surface area (Å²) in [5.41, 5.74) is 6.05. The number of hydrogen-bond acceptors (Lipinski definition) is 3. The molecule has 0 aromatic carbocycles. The van der Waals surface area contributed by atoms with Crippen molar-refractivity contribution in [2.75, 3.05) is 14.1 Å². The summed E-state index contributed by atoms with van der Waals surface area (Å²) in [6, 6.07) is 1.31. The molecular weight excluding hydrogens is 150 g/mol. The van der Waals surface area contributed by atoms with Gasteiger partial charge in [0.1, 0.15) is 0 Å². The van der Waals surface area contributed by atoms with Crippen molar-refractivity contribution in [3.63, 3.8) is 0 Å². The summed E-state index contributed by atoms with van der Waals surface area (Å²) in [5.74, 6) is 0. The van der Waals surface area contributed by atoms with Crippen LogP contribution in [-0.4, -0.2) is 32.2 Å². The van der Waals surface area contributed by atoms with Crippen LogP contribution < -0.4 is 16.4 Å². The lowest BCUT2D eigenvalue weighted by Crippen LogP contribution is -2.54. The molecule has 0 heterocycles. The highest BCUT2D eigenvalue weighted by Gasteiger charge is 2.26. The van der Waals surface area contributed by atoms with E-state index in [0.717, 1.165) is 6.42 Å². The lowest BCUT2D eigenvalue weighted by atomic mass is 10.00. The molecule has 0 amide bonds. The fraction of sp³-hybridized carbons (Fsp3) is 1.00. The van der Waals surface area contributed by atoms with Gasteiger partial charge in [0, 0.05) is 18.1 Å². The number of rotatable bonds is 2. The Kier molecular flexibility index (Phi) is 3.98. The van der Waals surface area contributed by atoms with Crippen molar-refractivity contribution in [1.29, 1.82) is 0 Å². The molecule has 1 rings (SSSR count). The van der Waals surface area contributed by atoms with Gasteiger partial charge in [0.05, 0.1) is 0 Å². The Morgan fingerprint density at radius 3 is 2.33 bits per heavy atom. The summed E-state index contributed by atoms with van der Waals surface area (Å²) in [4.78, 5) is 0. The van der Waals surface area contributed by atoms with Crippen LogP contribution in [0.15, 0.2) is 0 Å². The Balaban J connectivity index is 2.56. The first-order valence-corrected chi connectivity index (χ1v) is 4.89. The van der Waals surface area contributed by atoms with E-state index in [1.165, 1.54) is 19.3 Å². The van der Waals surface area contributed by atoms with Crippen LogP contribution in [-0.2, 0) is 0 Å². The van der Waals surface area contributed by atoms with E-state index in [0.29, 0.717) is 18.1 Å². The van der Waals surface area contributed by atoms with Gasteiger partial charge in [-0.1, -0.05) is 12.8 Å². The van der Waals surface area contributed by atoms with Crippen LogP contribution in [0.4, 0.5) is 0 Å². The molecule has 1 aliphatic carbocycles. The van der Waals surface area contributed by atoms with E-state index in [4.69, 9.17) is 5.73 Å². The first-order chi connectivity index (χ1) is 5.79. The van der Waals surface area contributed by atoms with Gasteiger partial charge in [0.15, 0.2) is 0 Å². The molecule has 1 fully saturated rings. The Labute approximate surface area is 75.1 Å². The maximum Gasteiger partial charge on any atom is 0.0370 e. The van der Waals surface area contributed by atoms with Crippen molar-refractivity contribution in [2.45, 2.75) is 43.8 Å². The number of nitrogens with two attached hydrogens (primary N) is 1. The van der Waals surface area contributed by atoms with Gasteiger partial charge in [-0.2, -0.15) is 0 Å². The topological polar surface area (TPSA) is 50.1 Å². The summed E-state index contributed by atoms with van der Waals surface area (Å²) < 4.78 is 0. The first kappa shape index (κ1) is 9.96. The quantitative estimate of drug-likeness (QED) is 0.515. The van der Waals surface area contributed by atoms with Gasteiger partial charge in [-0.3, -0.25) is 0 Å². The molecule has 0 saturated heterocycles. The van der Waals surface area contributed by atoms with Crippen molar-refractivity contribution in [2.24, 2.45) is 5.73 Å². The zero-order chi connectivity index (χ0) is 8.97. The molecule has 3 unspecified atom stereocenters. The molecule has 0 aromatic heterocycles. The normalized spacial score (nSPS) is 37.8. The van der Waals surface area contributed by atoms with Crippen molar-refractivity contribution in [1.82, 2.24) is 10.6 Å². The van der Waals surface area contributed by atoms with E-state index in [-0.39, 0.29) is 0 Å². The van der Waals surface area contributed by atoms with E-state index >= 15 is 0 Å². The molecule has 12 heavy (non-hydrogen) atoms. The van der Waals surface area contributed by atoms with Gasteiger partial charge in [0.2, 0.25) is 0 Å². The summed E-state index contributed by atoms with van der Waals surface area (Å²) in [6.45, 7) is 0. The Morgan fingerprint density at radius 2 is 1.75 bits per heavy atom. The minimum absolute atomic E-state index is 0.315. The molecule has 3 atom stereocenters. The molecule has 72 valence electrons. The molecular formula is C9H21N3. The second-order valence-electron chi connectivity index (χ2n) is 3.66. The van der Waals surface area contributed by atoms with Crippen LogP contribution in [0.3, 0.4) is 0 Å². The van der Waals surface area contributed by atoms with Crippen LogP contribution in [0.2, 0.25) is 0 Å². The number of nitrogens with one attached hydrogen (secondary N) is 2. The van der Waals surface area contributed by atoms with Crippen molar-refractivity contribution in [3.8, 4) is 0 Å². The van der Waals surface area contributed by atoms with Gasteiger partial charge in [-0.15, -0.1) is 0 Å². The average Bonchev–Trinajstić information content (AvgIpc) is 2.26. The van der Waals surface area contributed by atoms with E-state index in [1.807, 2.05) is 14.1 Å². The van der Waals surface area contributed by atoms with Crippen molar-refractivity contribution < 1.29 is 0 Å². The Bertz CT molecular complexity index is 127. The molecule has 3 nitrogen and oxygen atoms in total. The molecule has 1 aliphatic rings. The number of hydrogen-bond donors (Lipinski definition) is 3. The number of likely N-dealkylation sites (N-methyl/N-ethyl adjacent to an activating group) is 2. The fourth-order valence-corrected chi connectivity index (χ4v) is 2.14. The second-order valence-corrected chi connectivity index (χ2v) is 3.66.